The summed E-state index contributed by atoms with van der Waals surface area (Å²) in [5.41, 5.74) is 2.94. The Morgan fingerprint density at radius 3 is 2.67 bits per heavy atom. The number of hydrogen-bond acceptors (Lipinski definition) is 2. The Morgan fingerprint density at radius 1 is 1.44 bits per heavy atom. The Kier molecular flexibility index (Phi) is 5.56. The highest BCUT2D eigenvalue weighted by Gasteiger charge is 2.08. The smallest absolute Gasteiger partial charge is 0.238 e. The summed E-state index contributed by atoms with van der Waals surface area (Å²) in [7, 11) is 1.91. The molecular weight excluding hydrogens is 292 g/mol. The fraction of sp³-hybridized carbons (Fsp3) is 0.357. The lowest BCUT2D eigenvalue weighted by molar-refractivity contribution is -0.116. The number of carbonyl (C=O) groups excluding carboxylic acids is 1. The van der Waals surface area contributed by atoms with Crippen LogP contribution in [0.1, 0.15) is 12.5 Å². The maximum atomic E-state index is 11.8. The number of hydrogen-bond donors (Lipinski definition) is 1. The molecule has 98 valence electrons. The first-order valence-electron chi connectivity index (χ1n) is 5.77. The number of anilines is 1. The lowest BCUT2D eigenvalue weighted by Crippen LogP contribution is -2.31. The van der Waals surface area contributed by atoms with Crippen molar-refractivity contribution in [1.82, 2.24) is 4.90 Å². The van der Waals surface area contributed by atoms with Gasteiger partial charge in [0.15, 0.2) is 0 Å². The van der Waals surface area contributed by atoms with Crippen LogP contribution >= 0.6 is 15.9 Å². The van der Waals surface area contributed by atoms with Gasteiger partial charge < -0.3 is 5.32 Å². The van der Waals surface area contributed by atoms with E-state index in [4.69, 9.17) is 0 Å². The summed E-state index contributed by atoms with van der Waals surface area (Å²) in [6, 6.07) is 5.80. The highest BCUT2D eigenvalue weighted by molar-refractivity contribution is 9.10. The average Bonchev–Trinajstić information content (AvgIpc) is 2.20. The SMILES string of the molecule is C=C(C)CN(C)CC(=O)Nc1ccc(Br)cc1C. The molecule has 0 saturated carbocycles. The zero-order valence-electron chi connectivity index (χ0n) is 11.1. The lowest BCUT2D eigenvalue weighted by atomic mass is 10.2. The molecule has 0 heterocycles. The van der Waals surface area contributed by atoms with Gasteiger partial charge in [-0.15, -0.1) is 0 Å². The Bertz CT molecular complexity index is 457. The lowest BCUT2D eigenvalue weighted by Gasteiger charge is -2.16. The van der Waals surface area contributed by atoms with Gasteiger partial charge in [0.2, 0.25) is 5.91 Å². The third-order valence-electron chi connectivity index (χ3n) is 2.42. The number of nitrogens with one attached hydrogen (secondary N) is 1. The largest absolute Gasteiger partial charge is 0.325 e. The maximum absolute atomic E-state index is 11.8. The number of halogens is 1. The van der Waals surface area contributed by atoms with Crippen LogP contribution in [0.25, 0.3) is 0 Å². The molecule has 1 amide bonds. The number of likely N-dealkylation sites (N-methyl/N-ethyl adjacent to an activating group) is 1. The molecule has 18 heavy (non-hydrogen) atoms. The first-order chi connectivity index (χ1) is 8.38. The molecule has 0 aromatic heterocycles. The number of benzene rings is 1. The van der Waals surface area contributed by atoms with E-state index in [0.29, 0.717) is 6.54 Å². The van der Waals surface area contributed by atoms with E-state index in [1.807, 2.05) is 44.0 Å². The summed E-state index contributed by atoms with van der Waals surface area (Å²) >= 11 is 3.40. The Balaban J connectivity index is 2.56. The summed E-state index contributed by atoms with van der Waals surface area (Å²) in [5, 5.41) is 2.91. The van der Waals surface area contributed by atoms with Crippen molar-refractivity contribution in [2.75, 3.05) is 25.5 Å². The van der Waals surface area contributed by atoms with Gasteiger partial charge in [-0.05, 0) is 44.7 Å². The predicted molar refractivity (Wildman–Crippen MR) is 79.8 cm³/mol. The summed E-state index contributed by atoms with van der Waals surface area (Å²) in [6.07, 6.45) is 0. The molecule has 0 fully saturated rings. The van der Waals surface area contributed by atoms with Crippen molar-refractivity contribution in [3.63, 3.8) is 0 Å². The zero-order chi connectivity index (χ0) is 13.7. The van der Waals surface area contributed by atoms with Gasteiger partial charge in [-0.25, -0.2) is 0 Å². The van der Waals surface area contributed by atoms with E-state index >= 15 is 0 Å². The van der Waals surface area contributed by atoms with E-state index < -0.39 is 0 Å². The summed E-state index contributed by atoms with van der Waals surface area (Å²) in [5.74, 6) is -0.0100. The van der Waals surface area contributed by atoms with Crippen molar-refractivity contribution >= 4 is 27.5 Å². The highest BCUT2D eigenvalue weighted by Crippen LogP contribution is 2.19. The van der Waals surface area contributed by atoms with Gasteiger partial charge in [-0.2, -0.15) is 0 Å². The molecule has 0 radical (unpaired) electrons. The van der Waals surface area contributed by atoms with Crippen LogP contribution in [0.3, 0.4) is 0 Å². The van der Waals surface area contributed by atoms with Crippen molar-refractivity contribution in [2.24, 2.45) is 0 Å². The van der Waals surface area contributed by atoms with Crippen molar-refractivity contribution < 1.29 is 4.79 Å². The molecule has 1 N–H and O–H groups in total. The fourth-order valence-corrected chi connectivity index (χ4v) is 2.19. The predicted octanol–water partition coefficient (Wildman–Crippen LogP) is 3.20. The van der Waals surface area contributed by atoms with Gasteiger partial charge in [0.1, 0.15) is 0 Å². The molecule has 0 aliphatic rings. The fourth-order valence-electron chi connectivity index (χ4n) is 1.72. The molecule has 3 nitrogen and oxygen atoms in total. The van der Waals surface area contributed by atoms with Crippen LogP contribution in [0.5, 0.6) is 0 Å². The molecule has 0 aliphatic carbocycles. The third kappa shape index (κ3) is 5.02. The van der Waals surface area contributed by atoms with Crippen LogP contribution in [0.2, 0.25) is 0 Å². The molecular formula is C14H19BrN2O. The van der Waals surface area contributed by atoms with Crippen LogP contribution in [-0.4, -0.2) is 30.9 Å². The van der Waals surface area contributed by atoms with E-state index in [1.165, 1.54) is 0 Å². The van der Waals surface area contributed by atoms with Gasteiger partial charge in [0, 0.05) is 16.7 Å². The average molecular weight is 311 g/mol. The van der Waals surface area contributed by atoms with E-state index in [0.717, 1.165) is 27.8 Å². The van der Waals surface area contributed by atoms with E-state index in [-0.39, 0.29) is 5.91 Å². The minimum absolute atomic E-state index is 0.0100. The summed E-state index contributed by atoms with van der Waals surface area (Å²) in [4.78, 5) is 13.8. The highest BCUT2D eigenvalue weighted by atomic mass is 79.9. The summed E-state index contributed by atoms with van der Waals surface area (Å²) in [6.45, 7) is 8.85. The second-order valence-electron chi connectivity index (χ2n) is 4.64. The number of carbonyl (C=O) groups is 1. The van der Waals surface area contributed by atoms with Crippen LogP contribution in [0.4, 0.5) is 5.69 Å². The minimum Gasteiger partial charge on any atom is -0.325 e. The quantitative estimate of drug-likeness (QED) is 0.847. The van der Waals surface area contributed by atoms with Crippen molar-refractivity contribution in [1.29, 1.82) is 0 Å². The first-order valence-corrected chi connectivity index (χ1v) is 6.56. The number of rotatable bonds is 5. The van der Waals surface area contributed by atoms with Crippen LogP contribution in [0, 0.1) is 6.92 Å². The van der Waals surface area contributed by atoms with Crippen LogP contribution in [-0.2, 0) is 4.79 Å². The topological polar surface area (TPSA) is 32.3 Å². The molecule has 0 aliphatic heterocycles. The molecule has 0 unspecified atom stereocenters. The van der Waals surface area contributed by atoms with Crippen molar-refractivity contribution in [2.45, 2.75) is 13.8 Å². The molecule has 0 spiro atoms. The normalized spacial score (nSPS) is 10.5. The molecule has 4 heteroatoms. The second-order valence-corrected chi connectivity index (χ2v) is 5.55. The monoisotopic (exact) mass is 310 g/mol. The van der Waals surface area contributed by atoms with E-state index in [1.54, 1.807) is 0 Å². The zero-order valence-corrected chi connectivity index (χ0v) is 12.7. The minimum atomic E-state index is -0.0100. The van der Waals surface area contributed by atoms with E-state index in [9.17, 15) is 4.79 Å². The Hall–Kier alpha value is -1.13. The van der Waals surface area contributed by atoms with Gasteiger partial charge in [0.05, 0.1) is 6.54 Å². The molecule has 0 bridgehead atoms. The van der Waals surface area contributed by atoms with Crippen molar-refractivity contribution in [3.8, 4) is 0 Å². The number of aryl methyl sites for hydroxylation is 1. The number of amides is 1. The summed E-state index contributed by atoms with van der Waals surface area (Å²) < 4.78 is 1.01. The van der Waals surface area contributed by atoms with Gasteiger partial charge in [0.25, 0.3) is 0 Å². The van der Waals surface area contributed by atoms with Gasteiger partial charge >= 0.3 is 0 Å². The van der Waals surface area contributed by atoms with E-state index in [2.05, 4.69) is 27.8 Å². The Labute approximate surface area is 117 Å². The second kappa shape index (κ2) is 6.71. The van der Waals surface area contributed by atoms with Crippen LogP contribution < -0.4 is 5.32 Å². The van der Waals surface area contributed by atoms with Crippen molar-refractivity contribution in [3.05, 3.63) is 40.4 Å². The molecule has 0 atom stereocenters. The molecule has 1 aromatic carbocycles. The third-order valence-corrected chi connectivity index (χ3v) is 2.91. The number of nitrogens with zero attached hydrogens (tertiary/aromatic N) is 1. The molecule has 1 rings (SSSR count). The van der Waals surface area contributed by atoms with Crippen LogP contribution in [0.15, 0.2) is 34.8 Å². The Morgan fingerprint density at radius 2 is 2.11 bits per heavy atom. The molecule has 0 saturated heterocycles. The standard InChI is InChI=1S/C14H19BrN2O/c1-10(2)8-17(4)9-14(18)16-13-6-5-12(15)7-11(13)3/h5-7H,1,8-9H2,2-4H3,(H,16,18). The van der Waals surface area contributed by atoms with Gasteiger partial charge in [-0.3, -0.25) is 9.69 Å². The van der Waals surface area contributed by atoms with Gasteiger partial charge in [-0.1, -0.05) is 28.1 Å². The first kappa shape index (κ1) is 14.9. The molecule has 1 aromatic rings. The maximum Gasteiger partial charge on any atom is 0.238 e.